The molecule has 4 aromatic heterocycles. The first kappa shape index (κ1) is 83.3. The highest BCUT2D eigenvalue weighted by molar-refractivity contribution is 7.26. The van der Waals surface area contributed by atoms with Crippen LogP contribution in [0.3, 0.4) is 0 Å². The first-order chi connectivity index (χ1) is 65.4. The number of halogens is 4. The lowest BCUT2D eigenvalue weighted by atomic mass is 9.82. The highest BCUT2D eigenvalue weighted by Gasteiger charge is 2.36. The second-order valence-corrected chi connectivity index (χ2v) is 36.3. The topological polar surface area (TPSA) is 52.4 Å². The minimum atomic E-state index is -0.0787. The molecule has 0 spiro atoms. The molecule has 25 rings (SSSR count). The molecule has 20 aromatic carbocycles. The van der Waals surface area contributed by atoms with Crippen molar-refractivity contribution in [1.29, 1.82) is 0 Å². The molecule has 0 radical (unpaired) electrons. The molecule has 0 amide bonds. The van der Waals surface area contributed by atoms with Crippen LogP contribution in [-0.4, -0.2) is 0 Å². The third-order valence-corrected chi connectivity index (χ3v) is 27.1. The molecule has 4 heterocycles. The Morgan fingerprint density at radius 3 is 1.23 bits per heavy atom. The van der Waals surface area contributed by atoms with E-state index in [1.807, 2.05) is 151 Å². The molecular weight excluding hydrogens is 1730 g/mol. The molecule has 638 valence electrons. The average molecular weight is 1810 g/mol. The van der Waals surface area contributed by atoms with Crippen molar-refractivity contribution < 1.29 is 13.3 Å². The number of para-hydroxylation sites is 6. The quantitative estimate of drug-likeness (QED) is 0.108. The summed E-state index contributed by atoms with van der Waals surface area (Å²) in [7, 11) is 0. The van der Waals surface area contributed by atoms with Gasteiger partial charge in [0.1, 0.15) is 22.3 Å². The van der Waals surface area contributed by atoms with E-state index in [1.165, 1.54) is 64.3 Å². The second-order valence-electron chi connectivity index (χ2n) is 33.5. The molecule has 12 heteroatoms. The second kappa shape index (κ2) is 35.8. The van der Waals surface area contributed by atoms with Crippen molar-refractivity contribution in [3.05, 3.63) is 492 Å². The van der Waals surface area contributed by atoms with Crippen molar-refractivity contribution in [2.24, 2.45) is 0 Å². The highest BCUT2D eigenvalue weighted by Crippen LogP contribution is 2.54. The summed E-state index contributed by atoms with van der Waals surface area (Å²) in [5, 5.41) is 14.4. The van der Waals surface area contributed by atoms with Crippen molar-refractivity contribution in [3.63, 3.8) is 0 Å². The molecule has 1 aliphatic carbocycles. The molecule has 0 unspecified atom stereocenters. The normalized spacial score (nSPS) is 11.9. The smallest absolute Gasteiger partial charge is 0.159 e. The van der Waals surface area contributed by atoms with Crippen LogP contribution >= 0.6 is 57.7 Å². The minimum absolute atomic E-state index is 0.0787. The number of furan rings is 3. The van der Waals surface area contributed by atoms with Crippen LogP contribution < -0.4 is 19.6 Å². The number of benzene rings is 20. The van der Waals surface area contributed by atoms with Crippen LogP contribution in [0.1, 0.15) is 25.0 Å². The zero-order chi connectivity index (χ0) is 89.6. The predicted molar refractivity (Wildman–Crippen MR) is 565 cm³/mol. The lowest BCUT2D eigenvalue weighted by Crippen LogP contribution is -2.16. The summed E-state index contributed by atoms with van der Waals surface area (Å²) < 4.78 is 21.6. The maximum absolute atomic E-state index is 6.47. The van der Waals surface area contributed by atoms with Crippen molar-refractivity contribution in [2.75, 3.05) is 19.6 Å². The van der Waals surface area contributed by atoms with Crippen molar-refractivity contribution in [1.82, 2.24) is 0 Å². The Labute approximate surface area is 794 Å². The van der Waals surface area contributed by atoms with Gasteiger partial charge in [0.05, 0.1) is 28.4 Å². The summed E-state index contributed by atoms with van der Waals surface area (Å²) in [6.07, 6.45) is 0. The molecular formula is C121H82Cl4N4O3S. The van der Waals surface area contributed by atoms with E-state index < -0.39 is 0 Å². The molecule has 0 N–H and O–H groups in total. The van der Waals surface area contributed by atoms with Gasteiger partial charge in [-0.15, -0.1) is 11.3 Å². The van der Waals surface area contributed by atoms with E-state index in [-0.39, 0.29) is 5.41 Å². The Morgan fingerprint density at radius 2 is 0.602 bits per heavy atom. The van der Waals surface area contributed by atoms with Gasteiger partial charge >= 0.3 is 0 Å². The van der Waals surface area contributed by atoms with Gasteiger partial charge in [0, 0.05) is 135 Å². The van der Waals surface area contributed by atoms with Gasteiger partial charge in [-0.3, -0.25) is 0 Å². The van der Waals surface area contributed by atoms with Gasteiger partial charge in [-0.2, -0.15) is 0 Å². The van der Waals surface area contributed by atoms with E-state index in [4.69, 9.17) is 59.7 Å². The van der Waals surface area contributed by atoms with Crippen LogP contribution in [-0.2, 0) is 5.41 Å². The van der Waals surface area contributed by atoms with E-state index in [2.05, 4.69) is 355 Å². The molecule has 0 fully saturated rings. The fourth-order valence-corrected chi connectivity index (χ4v) is 20.8. The monoisotopic (exact) mass is 1810 g/mol. The molecule has 0 atom stereocenters. The summed E-state index contributed by atoms with van der Waals surface area (Å²) in [4.78, 5) is 9.04. The zero-order valence-electron chi connectivity index (χ0n) is 72.3. The van der Waals surface area contributed by atoms with E-state index >= 15 is 0 Å². The van der Waals surface area contributed by atoms with E-state index in [0.29, 0.717) is 15.1 Å². The third kappa shape index (κ3) is 16.0. The number of hydrogen-bond donors (Lipinski definition) is 0. The Balaban J connectivity index is 0.000000104. The first-order valence-electron chi connectivity index (χ1n) is 44.2. The minimum Gasteiger partial charge on any atom is -0.456 e. The average Bonchev–Trinajstić information content (AvgIpc) is 1.59. The highest BCUT2D eigenvalue weighted by atomic mass is 35.5. The lowest BCUT2D eigenvalue weighted by Gasteiger charge is -2.28. The molecule has 0 saturated carbocycles. The summed E-state index contributed by atoms with van der Waals surface area (Å²) in [5.41, 5.74) is 27.6. The van der Waals surface area contributed by atoms with E-state index in [0.717, 1.165) is 150 Å². The van der Waals surface area contributed by atoms with Gasteiger partial charge in [0.2, 0.25) is 0 Å². The van der Waals surface area contributed by atoms with Gasteiger partial charge in [-0.05, 0) is 214 Å². The standard InChI is InChI=1S/C33H24ClNO.2C30H20ClNO.C28H18ClNS/c1-33(2)29-12-5-3-10-25(29)26-16-14-23(19-30(26)33)35(22-9-7-8-21(34)18-22)24-15-17-28-27-11-4-6-13-31(27)36-32(28)20-24;31-22-12-8-13-23(20-22)32(27-17-6-4-14-24(27)21-10-2-1-3-11-21)28-18-9-16-26-25-15-5-7-19-29(25)33-30(26)28;31-23-10-6-11-25(20-23)32(24-18-16-22(17-19-24)21-8-2-1-3-9-21)28-14-7-13-27-26-12-4-5-15-29(26)33-30(27)28;29-20-10-6-11-21(18-20)30(24-14-5-9-19-8-1-2-12-22(19)24)25-15-7-17-27-28(25)23-13-3-4-16-26(23)31-27/h3-20H,1-2H3;2*1-20H;1-18H. The third-order valence-electron chi connectivity index (χ3n) is 25.1. The molecule has 1 aliphatic rings. The maximum atomic E-state index is 6.47. The molecule has 7 nitrogen and oxygen atoms in total. The number of rotatable bonds is 14. The van der Waals surface area contributed by atoms with Crippen LogP contribution in [0.25, 0.3) is 130 Å². The largest absolute Gasteiger partial charge is 0.456 e. The van der Waals surface area contributed by atoms with Crippen LogP contribution in [0.5, 0.6) is 0 Å². The van der Waals surface area contributed by atoms with Crippen molar-refractivity contribution in [2.45, 2.75) is 19.3 Å². The number of nitrogens with zero attached hydrogens (tertiary/aromatic N) is 4. The Hall–Kier alpha value is -15.4. The lowest BCUT2D eigenvalue weighted by molar-refractivity contribution is 0.660. The van der Waals surface area contributed by atoms with Gasteiger partial charge in [0.15, 0.2) is 11.2 Å². The number of hydrogen-bond acceptors (Lipinski definition) is 8. The fraction of sp³-hybridized carbons (Fsp3) is 0.0248. The molecule has 0 bridgehead atoms. The summed E-state index contributed by atoms with van der Waals surface area (Å²) in [6.45, 7) is 4.62. The van der Waals surface area contributed by atoms with Crippen molar-refractivity contribution in [3.8, 4) is 33.4 Å². The van der Waals surface area contributed by atoms with Gasteiger partial charge < -0.3 is 32.9 Å². The molecule has 0 saturated heterocycles. The molecule has 133 heavy (non-hydrogen) atoms. The Morgan fingerprint density at radius 1 is 0.218 bits per heavy atom. The van der Waals surface area contributed by atoms with Crippen LogP contribution in [0.2, 0.25) is 20.1 Å². The summed E-state index contributed by atoms with van der Waals surface area (Å²) in [5.74, 6) is 0. The molecule has 24 aromatic rings. The SMILES string of the molecule is CC1(C)c2ccccc2-c2ccc(N(c3cccc(Cl)c3)c3ccc4c(c3)oc3ccccc34)cc21.Clc1cccc(N(c2ccc(-c3ccccc3)cc2)c2cccc3c2oc2ccccc23)c1.Clc1cccc(N(c2cccc3ccccc23)c2cccc3sc4ccccc4c23)c1.Clc1cccc(N(c2ccccc2-c2ccccc2)c2cccc3c2oc2ccccc23)c1. The number of fused-ring (bicyclic) bond motifs is 16. The zero-order valence-corrected chi connectivity index (χ0v) is 76.2. The van der Waals surface area contributed by atoms with Crippen LogP contribution in [0.15, 0.2) is 474 Å². The summed E-state index contributed by atoms with van der Waals surface area (Å²) in [6, 6.07) is 159. The van der Waals surface area contributed by atoms with Gasteiger partial charge in [-0.25, -0.2) is 0 Å². The number of anilines is 12. The van der Waals surface area contributed by atoms with Crippen LogP contribution in [0, 0.1) is 0 Å². The van der Waals surface area contributed by atoms with Crippen molar-refractivity contribution >= 4 is 223 Å². The number of thiophene rings is 1. The first-order valence-corrected chi connectivity index (χ1v) is 46.6. The predicted octanol–water partition coefficient (Wildman–Crippen LogP) is 38.1. The molecule has 0 aliphatic heterocycles. The Bertz CT molecular complexity index is 8490. The van der Waals surface area contributed by atoms with E-state index in [1.54, 1.807) is 0 Å². The van der Waals surface area contributed by atoms with Gasteiger partial charge in [-0.1, -0.05) is 345 Å². The van der Waals surface area contributed by atoms with E-state index in [9.17, 15) is 0 Å². The van der Waals surface area contributed by atoms with Gasteiger partial charge in [0.25, 0.3) is 0 Å². The maximum Gasteiger partial charge on any atom is 0.159 e. The summed E-state index contributed by atoms with van der Waals surface area (Å²) >= 11 is 27.6. The fourth-order valence-electron chi connectivity index (χ4n) is 19.0. The Kier molecular flexibility index (Phi) is 22.4. The van der Waals surface area contributed by atoms with Crippen LogP contribution in [0.4, 0.5) is 68.2 Å².